The van der Waals surface area contributed by atoms with Gasteiger partial charge in [0.15, 0.2) is 5.96 Å². The van der Waals surface area contributed by atoms with Gasteiger partial charge < -0.3 is 10.6 Å². The normalized spacial score (nSPS) is 15.8. The molecule has 0 atom stereocenters. The number of aryl methyl sites for hydroxylation is 1. The van der Waals surface area contributed by atoms with Crippen LogP contribution in [-0.4, -0.2) is 38.8 Å². The van der Waals surface area contributed by atoms with Crippen molar-refractivity contribution in [2.45, 2.75) is 44.2 Å². The van der Waals surface area contributed by atoms with Gasteiger partial charge in [-0.15, -0.1) is 0 Å². The minimum atomic E-state index is -3.41. The van der Waals surface area contributed by atoms with E-state index in [9.17, 15) is 12.8 Å². The summed E-state index contributed by atoms with van der Waals surface area (Å²) in [4.78, 5) is 4.53. The molecule has 162 valence electrons. The fourth-order valence-corrected chi connectivity index (χ4v) is 4.96. The van der Waals surface area contributed by atoms with Crippen LogP contribution in [0.4, 0.5) is 4.39 Å². The minimum absolute atomic E-state index is 0.216. The predicted molar refractivity (Wildman–Crippen MR) is 117 cm³/mol. The lowest BCUT2D eigenvalue weighted by molar-refractivity contribution is 0.346. The van der Waals surface area contributed by atoms with Crippen molar-refractivity contribution < 1.29 is 12.8 Å². The molecule has 8 heteroatoms. The van der Waals surface area contributed by atoms with Crippen LogP contribution in [0.5, 0.6) is 0 Å². The summed E-state index contributed by atoms with van der Waals surface area (Å²) in [7, 11) is -1.73. The van der Waals surface area contributed by atoms with E-state index in [0.29, 0.717) is 42.6 Å². The molecule has 0 aliphatic carbocycles. The molecule has 6 nitrogen and oxygen atoms in total. The molecule has 0 unspecified atom stereocenters. The van der Waals surface area contributed by atoms with E-state index in [-0.39, 0.29) is 5.82 Å². The quantitative estimate of drug-likeness (QED) is 0.543. The van der Waals surface area contributed by atoms with E-state index in [4.69, 9.17) is 0 Å². The molecule has 0 radical (unpaired) electrons. The Morgan fingerprint density at radius 1 is 1.00 bits per heavy atom. The van der Waals surface area contributed by atoms with Crippen LogP contribution in [0, 0.1) is 12.7 Å². The lowest BCUT2D eigenvalue weighted by Crippen LogP contribution is -2.36. The molecule has 1 fully saturated rings. The van der Waals surface area contributed by atoms with Crippen LogP contribution in [0.1, 0.15) is 36.0 Å². The van der Waals surface area contributed by atoms with Gasteiger partial charge in [0.2, 0.25) is 10.0 Å². The molecule has 0 bridgehead atoms. The second-order valence-electron chi connectivity index (χ2n) is 7.47. The summed E-state index contributed by atoms with van der Waals surface area (Å²) in [6.07, 6.45) is 2.93. The van der Waals surface area contributed by atoms with E-state index in [1.807, 2.05) is 12.1 Å². The SMILES string of the molecule is CN=C(NCc1ccc(S(=O)(=O)N2CCCCC2)cc1)NCc1ccc(F)c(C)c1. The topological polar surface area (TPSA) is 73.8 Å². The zero-order valence-corrected chi connectivity index (χ0v) is 18.3. The second kappa shape index (κ2) is 10.0. The number of aliphatic imine (C=N–C) groups is 1. The van der Waals surface area contributed by atoms with Crippen molar-refractivity contribution >= 4 is 16.0 Å². The Balaban J connectivity index is 1.55. The van der Waals surface area contributed by atoms with E-state index in [1.54, 1.807) is 42.5 Å². The van der Waals surface area contributed by atoms with E-state index in [0.717, 1.165) is 30.4 Å². The Hall–Kier alpha value is -2.45. The second-order valence-corrected chi connectivity index (χ2v) is 9.41. The molecule has 1 heterocycles. The van der Waals surface area contributed by atoms with Crippen LogP contribution in [0.25, 0.3) is 0 Å². The highest BCUT2D eigenvalue weighted by molar-refractivity contribution is 7.89. The third-order valence-corrected chi connectivity index (χ3v) is 7.15. The summed E-state index contributed by atoms with van der Waals surface area (Å²) in [6, 6.07) is 12.0. The Kier molecular flexibility index (Phi) is 7.44. The Morgan fingerprint density at radius 2 is 1.60 bits per heavy atom. The third-order valence-electron chi connectivity index (χ3n) is 5.24. The fraction of sp³-hybridized carbons (Fsp3) is 0.409. The number of nitrogens with zero attached hydrogens (tertiary/aromatic N) is 2. The molecule has 1 saturated heterocycles. The summed E-state index contributed by atoms with van der Waals surface area (Å²) in [5.41, 5.74) is 2.52. The van der Waals surface area contributed by atoms with Crippen LogP contribution >= 0.6 is 0 Å². The van der Waals surface area contributed by atoms with Crippen molar-refractivity contribution in [3.8, 4) is 0 Å². The van der Waals surface area contributed by atoms with Gasteiger partial charge in [0.1, 0.15) is 5.82 Å². The average molecular weight is 433 g/mol. The molecular formula is C22H29FN4O2S. The molecule has 0 aromatic heterocycles. The first kappa shape index (κ1) is 22.2. The number of guanidine groups is 1. The van der Waals surface area contributed by atoms with Gasteiger partial charge in [0.05, 0.1) is 4.90 Å². The predicted octanol–water partition coefficient (Wildman–Crippen LogP) is 3.17. The molecule has 0 amide bonds. The summed E-state index contributed by atoms with van der Waals surface area (Å²) in [5, 5.41) is 6.40. The smallest absolute Gasteiger partial charge is 0.243 e. The summed E-state index contributed by atoms with van der Waals surface area (Å²) in [5.74, 6) is 0.397. The standard InChI is InChI=1S/C22H29FN4O2S/c1-17-14-19(8-11-21(17)23)16-26-22(24-2)25-15-18-6-9-20(10-7-18)30(28,29)27-12-4-3-5-13-27/h6-11,14H,3-5,12-13,15-16H2,1-2H3,(H2,24,25,26). The maximum absolute atomic E-state index is 13.4. The molecule has 2 aromatic carbocycles. The van der Waals surface area contributed by atoms with Crippen molar-refractivity contribution in [1.82, 2.24) is 14.9 Å². The molecule has 1 aliphatic rings. The number of sulfonamides is 1. The molecule has 1 aliphatic heterocycles. The van der Waals surface area contributed by atoms with Gasteiger partial charge in [0, 0.05) is 33.2 Å². The van der Waals surface area contributed by atoms with Gasteiger partial charge in [-0.25, -0.2) is 12.8 Å². The fourth-order valence-electron chi connectivity index (χ4n) is 3.44. The number of nitrogens with one attached hydrogen (secondary N) is 2. The first-order valence-electron chi connectivity index (χ1n) is 10.2. The highest BCUT2D eigenvalue weighted by Crippen LogP contribution is 2.20. The summed E-state index contributed by atoms with van der Waals surface area (Å²) < 4.78 is 40.4. The Labute approximate surface area is 178 Å². The largest absolute Gasteiger partial charge is 0.352 e. The molecule has 3 rings (SSSR count). The van der Waals surface area contributed by atoms with Crippen molar-refractivity contribution in [3.05, 3.63) is 65.0 Å². The zero-order valence-electron chi connectivity index (χ0n) is 17.5. The van der Waals surface area contributed by atoms with Gasteiger partial charge in [-0.05, 0) is 54.7 Å². The van der Waals surface area contributed by atoms with Crippen LogP contribution < -0.4 is 10.6 Å². The van der Waals surface area contributed by atoms with Crippen LogP contribution in [0.3, 0.4) is 0 Å². The van der Waals surface area contributed by atoms with Crippen LogP contribution in [0.15, 0.2) is 52.4 Å². The highest BCUT2D eigenvalue weighted by Gasteiger charge is 2.25. The van der Waals surface area contributed by atoms with E-state index in [2.05, 4.69) is 15.6 Å². The van der Waals surface area contributed by atoms with Crippen LogP contribution in [-0.2, 0) is 23.1 Å². The highest BCUT2D eigenvalue weighted by atomic mass is 32.2. The number of piperidine rings is 1. The number of rotatable bonds is 6. The Morgan fingerprint density at radius 3 is 2.20 bits per heavy atom. The van der Waals surface area contributed by atoms with E-state index < -0.39 is 10.0 Å². The van der Waals surface area contributed by atoms with E-state index >= 15 is 0 Å². The minimum Gasteiger partial charge on any atom is -0.352 e. The van der Waals surface area contributed by atoms with Gasteiger partial charge in [0.25, 0.3) is 0 Å². The molecule has 30 heavy (non-hydrogen) atoms. The maximum Gasteiger partial charge on any atom is 0.243 e. The number of benzene rings is 2. The molecule has 0 saturated carbocycles. The lowest BCUT2D eigenvalue weighted by Gasteiger charge is -2.25. The Bertz CT molecular complexity index is 985. The van der Waals surface area contributed by atoms with Crippen molar-refractivity contribution in [3.63, 3.8) is 0 Å². The molecule has 0 spiro atoms. The van der Waals surface area contributed by atoms with Crippen molar-refractivity contribution in [2.24, 2.45) is 4.99 Å². The molecular weight excluding hydrogens is 403 g/mol. The molecule has 2 N–H and O–H groups in total. The van der Waals surface area contributed by atoms with Gasteiger partial charge in [-0.3, -0.25) is 4.99 Å². The first-order chi connectivity index (χ1) is 14.4. The average Bonchev–Trinajstić information content (AvgIpc) is 2.77. The monoisotopic (exact) mass is 432 g/mol. The number of hydrogen-bond acceptors (Lipinski definition) is 3. The lowest BCUT2D eigenvalue weighted by atomic mass is 10.1. The zero-order chi connectivity index (χ0) is 21.6. The molecule has 2 aromatic rings. The van der Waals surface area contributed by atoms with Crippen LogP contribution in [0.2, 0.25) is 0 Å². The summed E-state index contributed by atoms with van der Waals surface area (Å²) in [6.45, 7) is 3.96. The van der Waals surface area contributed by atoms with Gasteiger partial charge in [-0.2, -0.15) is 4.31 Å². The van der Waals surface area contributed by atoms with Crippen molar-refractivity contribution in [2.75, 3.05) is 20.1 Å². The summed E-state index contributed by atoms with van der Waals surface area (Å²) >= 11 is 0. The number of hydrogen-bond donors (Lipinski definition) is 2. The van der Waals surface area contributed by atoms with Gasteiger partial charge in [-0.1, -0.05) is 30.7 Å². The number of halogens is 1. The van der Waals surface area contributed by atoms with Crippen molar-refractivity contribution in [1.29, 1.82) is 0 Å². The maximum atomic E-state index is 13.4. The van der Waals surface area contributed by atoms with Gasteiger partial charge >= 0.3 is 0 Å². The van der Waals surface area contributed by atoms with E-state index in [1.165, 1.54) is 6.07 Å². The third kappa shape index (κ3) is 5.58. The first-order valence-corrected chi connectivity index (χ1v) is 11.6.